The lowest BCUT2D eigenvalue weighted by Crippen LogP contribution is -1.95. The fourth-order valence-electron chi connectivity index (χ4n) is 0.874. The molecule has 0 radical (unpaired) electrons. The van der Waals surface area contributed by atoms with Crippen molar-refractivity contribution in [2.24, 2.45) is 5.92 Å². The van der Waals surface area contributed by atoms with E-state index in [-0.39, 0.29) is 0 Å². The van der Waals surface area contributed by atoms with Crippen LogP contribution in [0.5, 0.6) is 0 Å². The van der Waals surface area contributed by atoms with Crippen molar-refractivity contribution >= 4 is 11.5 Å². The molecule has 1 aromatic heterocycles. The van der Waals surface area contributed by atoms with Gasteiger partial charge in [-0.3, -0.25) is 0 Å². The Bertz CT molecular complexity index is 169. The van der Waals surface area contributed by atoms with E-state index in [1.807, 2.05) is 6.20 Å². The van der Waals surface area contributed by atoms with E-state index in [1.165, 1.54) is 18.4 Å². The van der Waals surface area contributed by atoms with Crippen molar-refractivity contribution in [3.05, 3.63) is 17.1 Å². The number of hydrogen-bond acceptors (Lipinski definition) is 2. The summed E-state index contributed by atoms with van der Waals surface area (Å²) in [5, 5.41) is 2.13. The molecule has 0 aromatic carbocycles. The zero-order valence-electron chi connectivity index (χ0n) is 6.50. The molecule has 0 aliphatic heterocycles. The van der Waals surface area contributed by atoms with Crippen molar-refractivity contribution in [3.63, 3.8) is 0 Å². The molecule has 0 fully saturated rings. The predicted molar refractivity (Wildman–Crippen MR) is 45.3 cm³/mol. The molecule has 2 heteroatoms. The zero-order valence-corrected chi connectivity index (χ0v) is 7.32. The van der Waals surface area contributed by atoms with Gasteiger partial charge in [0.2, 0.25) is 0 Å². The second-order valence-electron chi connectivity index (χ2n) is 2.75. The molecule has 0 bridgehead atoms. The Balaban J connectivity index is 2.40. The Kier molecular flexibility index (Phi) is 2.87. The van der Waals surface area contributed by atoms with Gasteiger partial charge in [-0.2, -0.15) is 0 Å². The number of hydrogen-bond donors (Lipinski definition) is 0. The van der Waals surface area contributed by atoms with Gasteiger partial charge in [-0.15, -0.1) is 0 Å². The van der Waals surface area contributed by atoms with Gasteiger partial charge in [-0.25, -0.2) is 4.37 Å². The van der Waals surface area contributed by atoms with Crippen LogP contribution in [-0.2, 0) is 6.42 Å². The van der Waals surface area contributed by atoms with Crippen molar-refractivity contribution in [2.45, 2.75) is 26.7 Å². The molecule has 0 aliphatic rings. The highest BCUT2D eigenvalue weighted by Crippen LogP contribution is 2.11. The molecule has 1 rings (SSSR count). The third-order valence-corrected chi connectivity index (χ3v) is 2.40. The summed E-state index contributed by atoms with van der Waals surface area (Å²) in [4.78, 5) is 0. The summed E-state index contributed by atoms with van der Waals surface area (Å²) < 4.78 is 4.05. The molecule has 56 valence electrons. The number of rotatable bonds is 3. The molecular formula is C8H13NS. The average Bonchev–Trinajstić information content (AvgIpc) is 2.40. The molecular weight excluding hydrogens is 142 g/mol. The SMILES string of the molecule is CCC(C)Cc1cnsc1. The number of nitrogens with zero attached hydrogens (tertiary/aromatic N) is 1. The Morgan fingerprint density at radius 2 is 2.50 bits per heavy atom. The standard InChI is InChI=1S/C8H13NS/c1-3-7(2)4-8-5-9-10-6-8/h5-7H,3-4H2,1-2H3. The van der Waals surface area contributed by atoms with E-state index in [1.54, 1.807) is 11.5 Å². The van der Waals surface area contributed by atoms with Crippen LogP contribution in [0.4, 0.5) is 0 Å². The van der Waals surface area contributed by atoms with Crippen LogP contribution in [0.1, 0.15) is 25.8 Å². The average molecular weight is 155 g/mol. The molecule has 0 saturated heterocycles. The third kappa shape index (κ3) is 2.10. The van der Waals surface area contributed by atoms with Crippen LogP contribution in [0.3, 0.4) is 0 Å². The highest BCUT2D eigenvalue weighted by molar-refractivity contribution is 7.03. The van der Waals surface area contributed by atoms with Crippen LogP contribution in [0.15, 0.2) is 11.6 Å². The summed E-state index contributed by atoms with van der Waals surface area (Å²) in [6.45, 7) is 4.50. The second kappa shape index (κ2) is 3.71. The lowest BCUT2D eigenvalue weighted by molar-refractivity contribution is 0.560. The topological polar surface area (TPSA) is 12.9 Å². The molecule has 0 aliphatic carbocycles. The lowest BCUT2D eigenvalue weighted by atomic mass is 10.0. The molecule has 0 saturated carbocycles. The van der Waals surface area contributed by atoms with Crippen LogP contribution in [-0.4, -0.2) is 4.37 Å². The van der Waals surface area contributed by atoms with Gasteiger partial charge in [-0.05, 0) is 29.4 Å². The first-order valence-corrected chi connectivity index (χ1v) is 4.54. The molecule has 1 heterocycles. The van der Waals surface area contributed by atoms with Crippen molar-refractivity contribution in [1.29, 1.82) is 0 Å². The fraction of sp³-hybridized carbons (Fsp3) is 0.625. The van der Waals surface area contributed by atoms with E-state index in [4.69, 9.17) is 0 Å². The normalized spacial score (nSPS) is 13.4. The third-order valence-electron chi connectivity index (χ3n) is 1.76. The first-order valence-electron chi connectivity index (χ1n) is 3.71. The van der Waals surface area contributed by atoms with Crippen molar-refractivity contribution in [1.82, 2.24) is 4.37 Å². The maximum Gasteiger partial charge on any atom is 0.0439 e. The van der Waals surface area contributed by atoms with Crippen LogP contribution in [0.2, 0.25) is 0 Å². The largest absolute Gasteiger partial charge is 0.201 e. The second-order valence-corrected chi connectivity index (χ2v) is 3.41. The monoisotopic (exact) mass is 155 g/mol. The van der Waals surface area contributed by atoms with Gasteiger partial charge in [0, 0.05) is 11.6 Å². The van der Waals surface area contributed by atoms with Gasteiger partial charge in [0.25, 0.3) is 0 Å². The van der Waals surface area contributed by atoms with Gasteiger partial charge in [0.1, 0.15) is 0 Å². The van der Waals surface area contributed by atoms with Crippen LogP contribution in [0, 0.1) is 5.92 Å². The van der Waals surface area contributed by atoms with E-state index in [0.29, 0.717) is 0 Å². The maximum atomic E-state index is 4.05. The molecule has 0 amide bonds. The summed E-state index contributed by atoms with van der Waals surface area (Å²) in [6.07, 6.45) is 4.42. The number of aromatic nitrogens is 1. The lowest BCUT2D eigenvalue weighted by Gasteiger charge is -2.03. The molecule has 10 heavy (non-hydrogen) atoms. The molecule has 1 atom stereocenters. The van der Waals surface area contributed by atoms with E-state index < -0.39 is 0 Å². The van der Waals surface area contributed by atoms with E-state index in [9.17, 15) is 0 Å². The minimum Gasteiger partial charge on any atom is -0.201 e. The van der Waals surface area contributed by atoms with Crippen molar-refractivity contribution in [2.75, 3.05) is 0 Å². The predicted octanol–water partition coefficient (Wildman–Crippen LogP) is 2.73. The summed E-state index contributed by atoms with van der Waals surface area (Å²) in [5.41, 5.74) is 1.39. The van der Waals surface area contributed by atoms with E-state index >= 15 is 0 Å². The van der Waals surface area contributed by atoms with Gasteiger partial charge < -0.3 is 0 Å². The summed E-state index contributed by atoms with van der Waals surface area (Å²) in [5.74, 6) is 0.802. The minimum absolute atomic E-state index is 0.802. The van der Waals surface area contributed by atoms with Gasteiger partial charge in [-0.1, -0.05) is 20.3 Å². The van der Waals surface area contributed by atoms with Crippen molar-refractivity contribution < 1.29 is 0 Å². The van der Waals surface area contributed by atoms with E-state index in [2.05, 4.69) is 23.6 Å². The molecule has 1 aromatic rings. The van der Waals surface area contributed by atoms with Crippen LogP contribution < -0.4 is 0 Å². The first kappa shape index (κ1) is 7.73. The molecule has 1 unspecified atom stereocenters. The zero-order chi connectivity index (χ0) is 7.40. The molecule has 0 spiro atoms. The van der Waals surface area contributed by atoms with Gasteiger partial charge >= 0.3 is 0 Å². The molecule has 0 N–H and O–H groups in total. The Morgan fingerprint density at radius 1 is 1.70 bits per heavy atom. The highest BCUT2D eigenvalue weighted by Gasteiger charge is 2.00. The summed E-state index contributed by atoms with van der Waals surface area (Å²) >= 11 is 1.54. The quantitative estimate of drug-likeness (QED) is 0.654. The summed E-state index contributed by atoms with van der Waals surface area (Å²) in [7, 11) is 0. The smallest absolute Gasteiger partial charge is 0.0439 e. The Labute approximate surface area is 66.3 Å². The first-order chi connectivity index (χ1) is 4.83. The maximum absolute atomic E-state index is 4.05. The highest BCUT2D eigenvalue weighted by atomic mass is 32.1. The Hall–Kier alpha value is -0.370. The minimum atomic E-state index is 0.802. The van der Waals surface area contributed by atoms with E-state index in [0.717, 1.165) is 5.92 Å². The van der Waals surface area contributed by atoms with Gasteiger partial charge in [0.15, 0.2) is 0 Å². The molecule has 1 nitrogen and oxygen atoms in total. The van der Waals surface area contributed by atoms with Crippen molar-refractivity contribution in [3.8, 4) is 0 Å². The summed E-state index contributed by atoms with van der Waals surface area (Å²) in [6, 6.07) is 0. The fourth-order valence-corrected chi connectivity index (χ4v) is 1.42. The van der Waals surface area contributed by atoms with Crippen LogP contribution in [0.25, 0.3) is 0 Å². The van der Waals surface area contributed by atoms with Gasteiger partial charge in [0.05, 0.1) is 0 Å². The van der Waals surface area contributed by atoms with Crippen LogP contribution >= 0.6 is 11.5 Å². The Morgan fingerprint density at radius 3 is 3.00 bits per heavy atom.